The van der Waals surface area contributed by atoms with Crippen LogP contribution >= 0.6 is 0 Å². The minimum Gasteiger partial charge on any atom is -0.444 e. The van der Waals surface area contributed by atoms with Gasteiger partial charge in [0.1, 0.15) is 5.60 Å². The molecule has 1 saturated carbocycles. The van der Waals surface area contributed by atoms with Crippen LogP contribution in [0.15, 0.2) is 15.6 Å². The molecule has 2 rings (SSSR count). The molecule has 1 aromatic heterocycles. The maximum atomic E-state index is 12.4. The Bertz CT molecular complexity index is 644. The van der Waals surface area contributed by atoms with Crippen LogP contribution in [0.3, 0.4) is 0 Å². The number of hydrogen-bond donors (Lipinski definition) is 2. The van der Waals surface area contributed by atoms with Gasteiger partial charge >= 0.3 is 6.09 Å². The predicted octanol–water partition coefficient (Wildman–Crippen LogP) is 2.86. The second-order valence-electron chi connectivity index (χ2n) is 8.13. The Morgan fingerprint density at radius 3 is 2.63 bits per heavy atom. The third-order valence-electron chi connectivity index (χ3n) is 4.08. The molecular weight excluding hydrogens is 346 g/mol. The summed E-state index contributed by atoms with van der Waals surface area (Å²) >= 11 is 0. The van der Waals surface area contributed by atoms with Gasteiger partial charge in [-0.15, -0.1) is 0 Å². The van der Waals surface area contributed by atoms with E-state index in [0.29, 0.717) is 37.6 Å². The average Bonchev–Trinajstić information content (AvgIpc) is 3.28. The van der Waals surface area contributed by atoms with Crippen molar-refractivity contribution in [1.29, 1.82) is 0 Å². The van der Waals surface area contributed by atoms with Gasteiger partial charge in [-0.25, -0.2) is 4.79 Å². The number of carbonyl (C=O) groups excluding carboxylic acids is 1. The molecule has 27 heavy (non-hydrogen) atoms. The van der Waals surface area contributed by atoms with Gasteiger partial charge in [0.15, 0.2) is 11.7 Å². The fraction of sp³-hybridized carbons (Fsp3) is 0.737. The molecule has 0 spiro atoms. The molecule has 152 valence electrons. The smallest absolute Gasteiger partial charge is 0.410 e. The molecule has 0 bridgehead atoms. The highest BCUT2D eigenvalue weighted by atomic mass is 16.6. The highest BCUT2D eigenvalue weighted by Crippen LogP contribution is 2.28. The summed E-state index contributed by atoms with van der Waals surface area (Å²) < 4.78 is 10.8. The zero-order valence-electron chi connectivity index (χ0n) is 17.3. The number of guanidine groups is 1. The molecule has 8 nitrogen and oxygen atoms in total. The van der Waals surface area contributed by atoms with Gasteiger partial charge in [-0.3, -0.25) is 4.99 Å². The van der Waals surface area contributed by atoms with E-state index in [2.05, 4.69) is 34.6 Å². The first-order valence-electron chi connectivity index (χ1n) is 9.59. The van der Waals surface area contributed by atoms with E-state index in [1.807, 2.05) is 26.8 Å². The summed E-state index contributed by atoms with van der Waals surface area (Å²) in [6.45, 7) is 11.5. The van der Waals surface area contributed by atoms with Crippen molar-refractivity contribution in [3.63, 3.8) is 0 Å². The van der Waals surface area contributed by atoms with Crippen LogP contribution in [0.1, 0.15) is 64.8 Å². The Hall–Kier alpha value is -2.25. The van der Waals surface area contributed by atoms with E-state index in [1.54, 1.807) is 11.9 Å². The average molecular weight is 380 g/mol. The summed E-state index contributed by atoms with van der Waals surface area (Å²) in [6, 6.07) is 2.24. The Kier molecular flexibility index (Phi) is 7.10. The van der Waals surface area contributed by atoms with Crippen LogP contribution in [0.25, 0.3) is 0 Å². The van der Waals surface area contributed by atoms with Gasteiger partial charge in [0.05, 0.1) is 12.2 Å². The number of aromatic nitrogens is 1. The molecule has 0 aliphatic heterocycles. The van der Waals surface area contributed by atoms with E-state index in [4.69, 9.17) is 9.26 Å². The predicted molar refractivity (Wildman–Crippen MR) is 105 cm³/mol. The number of nitrogens with zero attached hydrogens (tertiary/aromatic N) is 3. The first kappa shape index (κ1) is 21.1. The van der Waals surface area contributed by atoms with Gasteiger partial charge in [-0.2, -0.15) is 0 Å². The lowest BCUT2D eigenvalue weighted by Gasteiger charge is -2.27. The van der Waals surface area contributed by atoms with Crippen LogP contribution in [0.4, 0.5) is 4.79 Å². The third kappa shape index (κ3) is 7.11. The highest BCUT2D eigenvalue weighted by molar-refractivity contribution is 5.79. The van der Waals surface area contributed by atoms with Gasteiger partial charge < -0.3 is 24.8 Å². The lowest BCUT2D eigenvalue weighted by Crippen LogP contribution is -2.45. The van der Waals surface area contributed by atoms with Crippen molar-refractivity contribution in [2.24, 2.45) is 4.99 Å². The summed E-state index contributed by atoms with van der Waals surface area (Å²) in [5.74, 6) is 1.74. The first-order chi connectivity index (χ1) is 12.7. The SMILES string of the molecule is CN=C(NCCN(C(=O)OC(C)(C)C)C1CC1)NCc1cc(C(C)C)no1. The molecule has 0 saturated heterocycles. The van der Waals surface area contributed by atoms with Gasteiger partial charge in [0.25, 0.3) is 0 Å². The van der Waals surface area contributed by atoms with Crippen LogP contribution in [0, 0.1) is 0 Å². The van der Waals surface area contributed by atoms with Crippen LogP contribution < -0.4 is 10.6 Å². The number of amides is 1. The van der Waals surface area contributed by atoms with E-state index in [9.17, 15) is 4.79 Å². The minimum absolute atomic E-state index is 0.252. The van der Waals surface area contributed by atoms with Crippen molar-refractivity contribution in [1.82, 2.24) is 20.7 Å². The topological polar surface area (TPSA) is 92.0 Å². The summed E-state index contributed by atoms with van der Waals surface area (Å²) in [5, 5.41) is 10.5. The summed E-state index contributed by atoms with van der Waals surface area (Å²) in [4.78, 5) is 18.4. The Balaban J connectivity index is 1.78. The molecule has 1 aliphatic rings. The number of aliphatic imine (C=N–C) groups is 1. The van der Waals surface area contributed by atoms with Gasteiger partial charge in [-0.05, 0) is 39.5 Å². The summed E-state index contributed by atoms with van der Waals surface area (Å²) in [7, 11) is 1.71. The van der Waals surface area contributed by atoms with E-state index in [0.717, 1.165) is 24.3 Å². The van der Waals surface area contributed by atoms with E-state index >= 15 is 0 Å². The van der Waals surface area contributed by atoms with Crippen LogP contribution in [-0.2, 0) is 11.3 Å². The fourth-order valence-electron chi connectivity index (χ4n) is 2.50. The molecule has 1 aromatic rings. The Morgan fingerprint density at radius 1 is 1.41 bits per heavy atom. The van der Waals surface area contributed by atoms with Crippen LogP contribution in [-0.4, -0.2) is 53.9 Å². The second kappa shape index (κ2) is 9.10. The Morgan fingerprint density at radius 2 is 2.11 bits per heavy atom. The van der Waals surface area contributed by atoms with Crippen molar-refractivity contribution in [2.45, 2.75) is 71.6 Å². The van der Waals surface area contributed by atoms with Crippen molar-refractivity contribution < 1.29 is 14.1 Å². The Labute approximate surface area is 161 Å². The van der Waals surface area contributed by atoms with E-state index < -0.39 is 5.60 Å². The number of nitrogens with one attached hydrogen (secondary N) is 2. The molecule has 8 heteroatoms. The zero-order chi connectivity index (χ0) is 20.0. The van der Waals surface area contributed by atoms with Crippen molar-refractivity contribution in [3.05, 3.63) is 17.5 Å². The number of hydrogen-bond acceptors (Lipinski definition) is 5. The maximum absolute atomic E-state index is 12.4. The number of carbonyl (C=O) groups is 1. The summed E-state index contributed by atoms with van der Waals surface area (Å²) in [5.41, 5.74) is 0.452. The van der Waals surface area contributed by atoms with Crippen LogP contribution in [0.5, 0.6) is 0 Å². The highest BCUT2D eigenvalue weighted by Gasteiger charge is 2.34. The van der Waals surface area contributed by atoms with Crippen molar-refractivity contribution in [2.75, 3.05) is 20.1 Å². The van der Waals surface area contributed by atoms with Crippen molar-refractivity contribution >= 4 is 12.1 Å². The molecular formula is C19H33N5O3. The van der Waals surface area contributed by atoms with E-state index in [1.165, 1.54) is 0 Å². The molecule has 0 aromatic carbocycles. The maximum Gasteiger partial charge on any atom is 0.410 e. The zero-order valence-corrected chi connectivity index (χ0v) is 17.3. The molecule has 0 radical (unpaired) electrons. The standard InChI is InChI=1S/C19H33N5O3/c1-13(2)16-11-15(27-23-16)12-22-17(20-6)21-9-10-24(14-7-8-14)18(25)26-19(3,4)5/h11,13-14H,7-10,12H2,1-6H3,(H2,20,21,22). The fourth-order valence-corrected chi connectivity index (χ4v) is 2.50. The first-order valence-corrected chi connectivity index (χ1v) is 9.59. The lowest BCUT2D eigenvalue weighted by atomic mass is 10.1. The number of ether oxygens (including phenoxy) is 1. The molecule has 0 unspecified atom stereocenters. The van der Waals surface area contributed by atoms with E-state index in [-0.39, 0.29) is 6.09 Å². The lowest BCUT2D eigenvalue weighted by molar-refractivity contribution is 0.0238. The van der Waals surface area contributed by atoms with Gasteiger partial charge in [0.2, 0.25) is 0 Å². The molecule has 1 amide bonds. The number of rotatable bonds is 7. The monoisotopic (exact) mass is 379 g/mol. The molecule has 1 fully saturated rings. The largest absolute Gasteiger partial charge is 0.444 e. The summed E-state index contributed by atoms with van der Waals surface area (Å²) in [6.07, 6.45) is 1.82. The van der Waals surface area contributed by atoms with Gasteiger partial charge in [-0.1, -0.05) is 19.0 Å². The van der Waals surface area contributed by atoms with Crippen molar-refractivity contribution in [3.8, 4) is 0 Å². The molecule has 1 heterocycles. The molecule has 0 atom stereocenters. The second-order valence-corrected chi connectivity index (χ2v) is 8.13. The molecule has 2 N–H and O–H groups in total. The normalized spacial score (nSPS) is 15.0. The van der Waals surface area contributed by atoms with Crippen LogP contribution in [0.2, 0.25) is 0 Å². The third-order valence-corrected chi connectivity index (χ3v) is 4.08. The minimum atomic E-state index is -0.485. The quantitative estimate of drug-likeness (QED) is 0.559. The van der Waals surface area contributed by atoms with Gasteiger partial charge in [0, 0.05) is 32.2 Å². The molecule has 1 aliphatic carbocycles.